The summed E-state index contributed by atoms with van der Waals surface area (Å²) in [5, 5.41) is 0. The second kappa shape index (κ2) is 6.88. The Bertz CT molecular complexity index is 917. The molecule has 124 valence electrons. The van der Waals surface area contributed by atoms with Crippen LogP contribution >= 0.6 is 0 Å². The van der Waals surface area contributed by atoms with E-state index >= 15 is 0 Å². The molecule has 0 unspecified atom stereocenters. The summed E-state index contributed by atoms with van der Waals surface area (Å²) in [6, 6.07) is 16.7. The van der Waals surface area contributed by atoms with Gasteiger partial charge in [-0.1, -0.05) is 48.5 Å². The number of nitrogens with zero attached hydrogens (tertiary/aromatic N) is 1. The van der Waals surface area contributed by atoms with Crippen molar-refractivity contribution in [3.63, 3.8) is 0 Å². The Morgan fingerprint density at radius 2 is 1.75 bits per heavy atom. The third-order valence-electron chi connectivity index (χ3n) is 3.35. The fraction of sp³-hybridized carbons (Fsp3) is 0.167. The van der Waals surface area contributed by atoms with Crippen LogP contribution in [0.4, 0.5) is 0 Å². The fourth-order valence-corrected chi connectivity index (χ4v) is 3.10. The van der Waals surface area contributed by atoms with E-state index in [4.69, 9.17) is 9.15 Å². The van der Waals surface area contributed by atoms with Crippen molar-refractivity contribution in [1.29, 1.82) is 0 Å². The van der Waals surface area contributed by atoms with E-state index in [1.54, 1.807) is 30.5 Å². The molecule has 0 saturated heterocycles. The van der Waals surface area contributed by atoms with Crippen molar-refractivity contribution in [2.45, 2.75) is 12.4 Å². The van der Waals surface area contributed by atoms with Gasteiger partial charge < -0.3 is 9.15 Å². The first-order chi connectivity index (χ1) is 11.5. The lowest BCUT2D eigenvalue weighted by Gasteiger charge is -2.09. The van der Waals surface area contributed by atoms with Crippen molar-refractivity contribution in [1.82, 2.24) is 4.98 Å². The number of oxazole rings is 1. The third kappa shape index (κ3) is 4.23. The van der Waals surface area contributed by atoms with Crippen LogP contribution in [0.15, 0.2) is 65.2 Å². The smallest absolute Gasteiger partial charge is 0.232 e. The van der Waals surface area contributed by atoms with Crippen molar-refractivity contribution in [3.8, 4) is 17.1 Å². The van der Waals surface area contributed by atoms with Crippen LogP contribution in [0.25, 0.3) is 11.3 Å². The van der Waals surface area contributed by atoms with Gasteiger partial charge in [-0.2, -0.15) is 0 Å². The lowest BCUT2D eigenvalue weighted by atomic mass is 10.2. The molecular formula is C18H17NO4S. The van der Waals surface area contributed by atoms with Crippen LogP contribution in [0, 0.1) is 0 Å². The largest absolute Gasteiger partial charge is 0.484 e. The number of hydrogen-bond donors (Lipinski definition) is 0. The molecule has 1 heterocycles. The first-order valence-electron chi connectivity index (χ1n) is 7.40. The fourth-order valence-electron chi connectivity index (χ4n) is 2.30. The Balaban J connectivity index is 1.72. The molecule has 3 rings (SSSR count). The second-order valence-corrected chi connectivity index (χ2v) is 7.59. The normalized spacial score (nSPS) is 11.4. The maximum absolute atomic E-state index is 11.5. The molecule has 0 N–H and O–H groups in total. The minimum absolute atomic E-state index is 0.0655. The maximum Gasteiger partial charge on any atom is 0.232 e. The molecule has 3 aromatic rings. The predicted molar refractivity (Wildman–Crippen MR) is 91.3 cm³/mol. The lowest BCUT2D eigenvalue weighted by Crippen LogP contribution is -2.04. The molecule has 0 aliphatic rings. The average Bonchev–Trinajstić information content (AvgIpc) is 3.02. The van der Waals surface area contributed by atoms with Crippen molar-refractivity contribution in [2.75, 3.05) is 6.26 Å². The van der Waals surface area contributed by atoms with Crippen LogP contribution < -0.4 is 4.74 Å². The van der Waals surface area contributed by atoms with Gasteiger partial charge in [-0.25, -0.2) is 13.4 Å². The molecule has 0 saturated carbocycles. The van der Waals surface area contributed by atoms with Crippen LogP contribution in [0.5, 0.6) is 5.75 Å². The summed E-state index contributed by atoms with van der Waals surface area (Å²) < 4.78 is 34.4. The van der Waals surface area contributed by atoms with Crippen LogP contribution in [-0.2, 0) is 22.2 Å². The minimum Gasteiger partial charge on any atom is -0.484 e. The number of aromatic nitrogens is 1. The Morgan fingerprint density at radius 1 is 1.04 bits per heavy atom. The van der Waals surface area contributed by atoms with Crippen LogP contribution in [0.3, 0.4) is 0 Å². The second-order valence-electron chi connectivity index (χ2n) is 5.45. The molecule has 5 nitrogen and oxygen atoms in total. The van der Waals surface area contributed by atoms with E-state index in [0.717, 1.165) is 5.56 Å². The summed E-state index contributed by atoms with van der Waals surface area (Å²) in [4.78, 5) is 4.20. The molecule has 0 atom stereocenters. The molecule has 1 aromatic heterocycles. The van der Waals surface area contributed by atoms with Gasteiger partial charge in [0.05, 0.1) is 11.9 Å². The van der Waals surface area contributed by atoms with Gasteiger partial charge in [-0.3, -0.25) is 0 Å². The molecule has 24 heavy (non-hydrogen) atoms. The summed E-state index contributed by atoms with van der Waals surface area (Å²) in [7, 11) is -3.13. The number of para-hydroxylation sites is 1. The summed E-state index contributed by atoms with van der Waals surface area (Å²) in [5.41, 5.74) is 1.56. The number of rotatable bonds is 6. The number of sulfone groups is 1. The molecule has 0 aliphatic carbocycles. The Labute approximate surface area is 140 Å². The van der Waals surface area contributed by atoms with Gasteiger partial charge in [0.15, 0.2) is 22.2 Å². The van der Waals surface area contributed by atoms with Crippen molar-refractivity contribution < 1.29 is 17.6 Å². The minimum atomic E-state index is -3.13. The molecule has 0 aliphatic heterocycles. The first kappa shape index (κ1) is 16.3. The maximum atomic E-state index is 11.5. The first-order valence-corrected chi connectivity index (χ1v) is 9.46. The van der Waals surface area contributed by atoms with Gasteiger partial charge >= 0.3 is 0 Å². The molecule has 2 aromatic carbocycles. The molecular weight excluding hydrogens is 326 g/mol. The monoisotopic (exact) mass is 343 g/mol. The van der Waals surface area contributed by atoms with Crippen LogP contribution in [0.2, 0.25) is 0 Å². The summed E-state index contributed by atoms with van der Waals surface area (Å²) in [6.07, 6.45) is 2.85. The summed E-state index contributed by atoms with van der Waals surface area (Å²) in [6.45, 7) is 0.133. The van der Waals surface area contributed by atoms with Gasteiger partial charge in [0, 0.05) is 17.4 Å². The highest BCUT2D eigenvalue weighted by Crippen LogP contribution is 2.23. The third-order valence-corrected chi connectivity index (χ3v) is 4.19. The SMILES string of the molecule is CS(=O)(=O)Cc1ccccc1OCc1ncc(-c2ccccc2)o1. The highest BCUT2D eigenvalue weighted by Gasteiger charge is 2.12. The van der Waals surface area contributed by atoms with Gasteiger partial charge in [0.2, 0.25) is 5.89 Å². The average molecular weight is 343 g/mol. The zero-order chi connectivity index (χ0) is 17.0. The Hall–Kier alpha value is -2.60. The molecule has 0 spiro atoms. The van der Waals surface area contributed by atoms with E-state index in [1.807, 2.05) is 30.3 Å². The summed E-state index contributed by atoms with van der Waals surface area (Å²) >= 11 is 0. The molecule has 0 bridgehead atoms. The zero-order valence-corrected chi connectivity index (χ0v) is 14.0. The van der Waals surface area contributed by atoms with E-state index < -0.39 is 9.84 Å². The van der Waals surface area contributed by atoms with Gasteiger partial charge in [0.1, 0.15) is 5.75 Å². The molecule has 0 radical (unpaired) electrons. The molecule has 6 heteroatoms. The van der Waals surface area contributed by atoms with E-state index in [0.29, 0.717) is 23.0 Å². The van der Waals surface area contributed by atoms with E-state index in [2.05, 4.69) is 4.98 Å². The van der Waals surface area contributed by atoms with E-state index in [9.17, 15) is 8.42 Å². The van der Waals surface area contributed by atoms with Crippen molar-refractivity contribution >= 4 is 9.84 Å². The van der Waals surface area contributed by atoms with Crippen molar-refractivity contribution in [3.05, 3.63) is 72.2 Å². The zero-order valence-electron chi connectivity index (χ0n) is 13.2. The van der Waals surface area contributed by atoms with Gasteiger partial charge in [-0.15, -0.1) is 0 Å². The van der Waals surface area contributed by atoms with Crippen LogP contribution in [-0.4, -0.2) is 19.7 Å². The van der Waals surface area contributed by atoms with Crippen LogP contribution in [0.1, 0.15) is 11.5 Å². The number of benzene rings is 2. The Morgan fingerprint density at radius 3 is 2.50 bits per heavy atom. The van der Waals surface area contributed by atoms with Crippen molar-refractivity contribution in [2.24, 2.45) is 0 Å². The molecule has 0 amide bonds. The Kier molecular flexibility index (Phi) is 4.66. The predicted octanol–water partition coefficient (Wildman–Crippen LogP) is 3.47. The van der Waals surface area contributed by atoms with E-state index in [1.165, 1.54) is 6.26 Å². The summed E-state index contributed by atoms with van der Waals surface area (Å²) in [5.74, 6) is 1.55. The topological polar surface area (TPSA) is 69.4 Å². The standard InChI is InChI=1S/C18H17NO4S/c1-24(20,21)13-15-9-5-6-10-16(15)22-12-18-19-11-17(23-18)14-7-3-2-4-8-14/h2-11H,12-13H2,1H3. The van der Waals surface area contributed by atoms with Gasteiger partial charge in [-0.05, 0) is 6.07 Å². The highest BCUT2D eigenvalue weighted by molar-refractivity contribution is 7.89. The van der Waals surface area contributed by atoms with Gasteiger partial charge in [0.25, 0.3) is 0 Å². The number of hydrogen-bond acceptors (Lipinski definition) is 5. The van der Waals surface area contributed by atoms with E-state index in [-0.39, 0.29) is 12.4 Å². The molecule has 0 fully saturated rings. The highest BCUT2D eigenvalue weighted by atomic mass is 32.2. The number of ether oxygens (including phenoxy) is 1. The lowest BCUT2D eigenvalue weighted by molar-refractivity contribution is 0.263. The quantitative estimate of drug-likeness (QED) is 0.685.